The van der Waals surface area contributed by atoms with Gasteiger partial charge in [-0.05, 0) is 5.21 Å². The van der Waals surface area contributed by atoms with Crippen LogP contribution in [0, 0.1) is 0 Å². The Morgan fingerprint density at radius 2 is 1.20 bits per heavy atom. The highest BCUT2D eigenvalue weighted by Crippen LogP contribution is 2.12. The topological polar surface area (TPSA) is 138 Å². The van der Waals surface area contributed by atoms with Crippen molar-refractivity contribution in [1.82, 2.24) is 50.6 Å². The molecular formula is C17H23N13. The smallest absolute Gasteiger partial charge is 0.228 e. The molecule has 5 rings (SSSR count). The van der Waals surface area contributed by atoms with Gasteiger partial charge in [0.05, 0.1) is 6.20 Å². The molecule has 0 radical (unpaired) electrons. The summed E-state index contributed by atoms with van der Waals surface area (Å²) in [6.07, 6.45) is 7.73. The van der Waals surface area contributed by atoms with E-state index in [1.807, 2.05) is 6.07 Å². The summed E-state index contributed by atoms with van der Waals surface area (Å²) in [6, 6.07) is 1.89. The van der Waals surface area contributed by atoms with Crippen LogP contribution in [0.5, 0.6) is 0 Å². The van der Waals surface area contributed by atoms with Gasteiger partial charge in [-0.1, -0.05) is 0 Å². The third kappa shape index (κ3) is 5.26. The van der Waals surface area contributed by atoms with Crippen molar-refractivity contribution in [1.29, 1.82) is 0 Å². The van der Waals surface area contributed by atoms with Crippen molar-refractivity contribution < 1.29 is 0 Å². The van der Waals surface area contributed by atoms with Crippen LogP contribution in [0.4, 0.5) is 17.7 Å². The van der Waals surface area contributed by atoms with E-state index in [0.29, 0.717) is 0 Å². The molecule has 13 nitrogen and oxygen atoms in total. The van der Waals surface area contributed by atoms with Crippen LogP contribution in [0.2, 0.25) is 0 Å². The summed E-state index contributed by atoms with van der Waals surface area (Å²) in [5.41, 5.74) is 0. The van der Waals surface area contributed by atoms with Crippen LogP contribution >= 0.6 is 0 Å². The van der Waals surface area contributed by atoms with E-state index < -0.39 is 0 Å². The Balaban J connectivity index is 0.000000158. The highest BCUT2D eigenvalue weighted by atomic mass is 15.4. The van der Waals surface area contributed by atoms with Gasteiger partial charge in [0.1, 0.15) is 25.3 Å². The first kappa shape index (κ1) is 19.7. The lowest BCUT2D eigenvalue weighted by Gasteiger charge is -2.34. The van der Waals surface area contributed by atoms with Crippen LogP contribution in [0.25, 0.3) is 0 Å². The minimum Gasteiger partial charge on any atom is -0.352 e. The molecule has 13 heteroatoms. The quantitative estimate of drug-likeness (QED) is 0.547. The first-order valence-electron chi connectivity index (χ1n) is 9.74. The molecule has 156 valence electrons. The number of hydrogen-bond acceptors (Lipinski definition) is 13. The third-order valence-corrected chi connectivity index (χ3v) is 4.73. The number of aromatic nitrogens is 9. The fourth-order valence-electron chi connectivity index (χ4n) is 3.20. The number of piperazine rings is 2. The van der Waals surface area contributed by atoms with E-state index in [2.05, 4.69) is 65.3 Å². The predicted octanol–water partition coefficient (Wildman–Crippen LogP) is -1.34. The minimum atomic E-state index is 0.722. The lowest BCUT2D eigenvalue weighted by Crippen LogP contribution is -2.47. The van der Waals surface area contributed by atoms with Crippen LogP contribution in [-0.4, -0.2) is 97.7 Å². The van der Waals surface area contributed by atoms with Crippen molar-refractivity contribution in [3.8, 4) is 0 Å². The molecule has 0 atom stereocenters. The number of hydrogen-bond donors (Lipinski definition) is 1. The summed E-state index contributed by atoms with van der Waals surface area (Å²) in [6.45, 7) is 7.40. The Hall–Kier alpha value is -3.61. The SMILES string of the molecule is c1cc(N2CCNCC2)nnn1.c1ncnc(N2CCN(c3ncncn3)CC2)n1. The van der Waals surface area contributed by atoms with E-state index in [1.54, 1.807) is 6.20 Å². The summed E-state index contributed by atoms with van der Waals surface area (Å²) < 4.78 is 0. The van der Waals surface area contributed by atoms with Crippen molar-refractivity contribution in [2.24, 2.45) is 0 Å². The van der Waals surface area contributed by atoms with Gasteiger partial charge in [-0.3, -0.25) is 0 Å². The second kappa shape index (κ2) is 10.2. The first-order chi connectivity index (χ1) is 14.9. The monoisotopic (exact) mass is 409 g/mol. The Bertz CT molecular complexity index is 805. The van der Waals surface area contributed by atoms with E-state index in [4.69, 9.17) is 0 Å². The lowest BCUT2D eigenvalue weighted by molar-refractivity contribution is 0.580. The standard InChI is InChI=1S/C10H12N8.C7H11N5/c1-2-18(10-15-7-12-8-16-10)4-3-17(1)9-13-5-11-6-14-9;1-2-9-11-10-7(1)12-5-3-8-4-6-12/h5-8H,1-4H2;1-2,8H,3-6H2. The van der Waals surface area contributed by atoms with Gasteiger partial charge in [-0.15, -0.1) is 10.2 Å². The maximum absolute atomic E-state index is 4.14. The molecule has 0 amide bonds. The number of nitrogens with zero attached hydrogens (tertiary/aromatic N) is 12. The Labute approximate surface area is 173 Å². The van der Waals surface area contributed by atoms with Crippen LogP contribution in [0.15, 0.2) is 37.6 Å². The minimum absolute atomic E-state index is 0.722. The summed E-state index contributed by atoms with van der Waals surface area (Å²) in [5.74, 6) is 2.37. The molecule has 0 unspecified atom stereocenters. The molecule has 3 aromatic rings. The number of anilines is 3. The largest absolute Gasteiger partial charge is 0.352 e. The maximum atomic E-state index is 4.14. The molecule has 5 heterocycles. The fraction of sp³-hybridized carbons (Fsp3) is 0.471. The third-order valence-electron chi connectivity index (χ3n) is 4.73. The van der Waals surface area contributed by atoms with Crippen molar-refractivity contribution in [3.05, 3.63) is 37.6 Å². The number of nitrogens with one attached hydrogen (secondary N) is 1. The lowest BCUT2D eigenvalue weighted by atomic mass is 10.3. The molecular weight excluding hydrogens is 386 g/mol. The normalized spacial score (nSPS) is 16.6. The van der Waals surface area contributed by atoms with E-state index in [-0.39, 0.29) is 0 Å². The fourth-order valence-corrected chi connectivity index (χ4v) is 3.20. The van der Waals surface area contributed by atoms with Crippen LogP contribution < -0.4 is 20.0 Å². The van der Waals surface area contributed by atoms with Crippen LogP contribution in [-0.2, 0) is 0 Å². The van der Waals surface area contributed by atoms with Crippen molar-refractivity contribution in [2.75, 3.05) is 67.1 Å². The zero-order valence-corrected chi connectivity index (χ0v) is 16.5. The Morgan fingerprint density at radius 3 is 1.67 bits per heavy atom. The van der Waals surface area contributed by atoms with Gasteiger partial charge in [0.15, 0.2) is 5.82 Å². The summed E-state index contributed by atoms with van der Waals surface area (Å²) >= 11 is 0. The zero-order valence-electron chi connectivity index (χ0n) is 16.5. The van der Waals surface area contributed by atoms with Crippen LogP contribution in [0.3, 0.4) is 0 Å². The van der Waals surface area contributed by atoms with Gasteiger partial charge < -0.3 is 20.0 Å². The van der Waals surface area contributed by atoms with Crippen LogP contribution in [0.1, 0.15) is 0 Å². The van der Waals surface area contributed by atoms with Gasteiger partial charge in [0, 0.05) is 58.4 Å². The van der Waals surface area contributed by atoms with E-state index in [1.165, 1.54) is 25.3 Å². The highest BCUT2D eigenvalue weighted by molar-refractivity contribution is 5.36. The molecule has 0 saturated carbocycles. The van der Waals surface area contributed by atoms with Crippen molar-refractivity contribution in [2.45, 2.75) is 0 Å². The van der Waals surface area contributed by atoms with Gasteiger partial charge in [0.25, 0.3) is 0 Å². The van der Waals surface area contributed by atoms with Gasteiger partial charge >= 0.3 is 0 Å². The molecule has 0 bridgehead atoms. The second-order valence-corrected chi connectivity index (χ2v) is 6.57. The molecule has 30 heavy (non-hydrogen) atoms. The van der Waals surface area contributed by atoms with E-state index >= 15 is 0 Å². The summed E-state index contributed by atoms with van der Waals surface area (Å²) in [4.78, 5) is 30.7. The predicted molar refractivity (Wildman–Crippen MR) is 109 cm³/mol. The summed E-state index contributed by atoms with van der Waals surface area (Å²) in [7, 11) is 0. The summed E-state index contributed by atoms with van der Waals surface area (Å²) in [5, 5.41) is 14.5. The molecule has 0 spiro atoms. The molecule has 0 aromatic carbocycles. The molecule has 2 aliphatic rings. The zero-order chi connectivity index (χ0) is 20.4. The molecule has 2 fully saturated rings. The number of rotatable bonds is 3. The van der Waals surface area contributed by atoms with Gasteiger partial charge in [-0.2, -0.15) is 0 Å². The Morgan fingerprint density at radius 1 is 0.667 bits per heavy atom. The molecule has 2 aliphatic heterocycles. The maximum Gasteiger partial charge on any atom is 0.228 e. The van der Waals surface area contributed by atoms with E-state index in [0.717, 1.165) is 70.1 Å². The molecule has 1 N–H and O–H groups in total. The average molecular weight is 409 g/mol. The second-order valence-electron chi connectivity index (χ2n) is 6.57. The van der Waals surface area contributed by atoms with Gasteiger partial charge in [-0.25, -0.2) is 29.9 Å². The average Bonchev–Trinajstić information content (AvgIpc) is 2.87. The van der Waals surface area contributed by atoms with Crippen molar-refractivity contribution in [3.63, 3.8) is 0 Å². The first-order valence-corrected chi connectivity index (χ1v) is 9.74. The van der Waals surface area contributed by atoms with E-state index in [9.17, 15) is 0 Å². The van der Waals surface area contributed by atoms with Gasteiger partial charge in [0.2, 0.25) is 11.9 Å². The molecule has 0 aliphatic carbocycles. The highest BCUT2D eigenvalue weighted by Gasteiger charge is 2.20. The van der Waals surface area contributed by atoms with Crippen molar-refractivity contribution >= 4 is 17.7 Å². The molecule has 2 saturated heterocycles. The molecule has 3 aromatic heterocycles. The Kier molecular flexibility index (Phi) is 6.73.